The summed E-state index contributed by atoms with van der Waals surface area (Å²) >= 11 is 11.9. The third kappa shape index (κ3) is 4.50. The number of rotatable bonds is 7. The van der Waals surface area contributed by atoms with Gasteiger partial charge in [0.05, 0.1) is 5.69 Å². The molecule has 0 aliphatic heterocycles. The molecule has 0 radical (unpaired) electrons. The minimum Gasteiger partial charge on any atom is -0.439 e. The van der Waals surface area contributed by atoms with E-state index in [1.54, 1.807) is 55.5 Å². The van der Waals surface area contributed by atoms with E-state index >= 15 is 0 Å². The Kier molecular flexibility index (Phi) is 6.36. The number of carbonyl (C=O) groups is 1. The zero-order chi connectivity index (χ0) is 21.2. The minimum absolute atomic E-state index is 0.0395. The molecule has 0 aliphatic carbocycles. The highest BCUT2D eigenvalue weighted by atomic mass is 35.5. The monoisotopic (exact) mass is 451 g/mol. The van der Waals surface area contributed by atoms with Crippen molar-refractivity contribution in [2.24, 2.45) is 0 Å². The molecule has 0 saturated heterocycles. The van der Waals surface area contributed by atoms with E-state index in [1.807, 2.05) is 0 Å². The van der Waals surface area contributed by atoms with E-state index in [1.165, 1.54) is 6.08 Å². The highest BCUT2D eigenvalue weighted by molar-refractivity contribution is 7.91. The van der Waals surface area contributed by atoms with Gasteiger partial charge in [-0.1, -0.05) is 48.3 Å². The second kappa shape index (κ2) is 8.61. The van der Waals surface area contributed by atoms with Gasteiger partial charge >= 0.3 is 5.97 Å². The number of H-pyrrole nitrogens is 1. The van der Waals surface area contributed by atoms with Gasteiger partial charge in [-0.3, -0.25) is 4.79 Å². The molecule has 0 fully saturated rings. The van der Waals surface area contributed by atoms with Crippen molar-refractivity contribution in [2.75, 3.05) is 0 Å². The summed E-state index contributed by atoms with van der Waals surface area (Å²) in [6.07, 6.45) is 1.35. The molecule has 5 nitrogen and oxygen atoms in total. The van der Waals surface area contributed by atoms with Crippen molar-refractivity contribution in [3.8, 4) is 0 Å². The van der Waals surface area contributed by atoms with E-state index in [0.717, 1.165) is 0 Å². The molecule has 2 aromatic carbocycles. The zero-order valence-corrected chi connectivity index (χ0v) is 17.9. The number of ether oxygens (including phenoxy) is 1. The fourth-order valence-corrected chi connectivity index (χ4v) is 5.11. The van der Waals surface area contributed by atoms with Crippen LogP contribution in [-0.2, 0) is 19.4 Å². The predicted octanol–water partition coefficient (Wildman–Crippen LogP) is 5.77. The average Bonchev–Trinajstić information content (AvgIpc) is 3.10. The maximum Gasteiger partial charge on any atom is 0.307 e. The van der Waals surface area contributed by atoms with Crippen LogP contribution in [0.4, 0.5) is 0 Å². The summed E-state index contributed by atoms with van der Waals surface area (Å²) in [4.78, 5) is 15.1. The van der Waals surface area contributed by atoms with Crippen LogP contribution in [0.1, 0.15) is 35.3 Å². The van der Waals surface area contributed by atoms with Crippen molar-refractivity contribution in [3.05, 3.63) is 82.5 Å². The van der Waals surface area contributed by atoms with Crippen LogP contribution < -0.4 is 0 Å². The largest absolute Gasteiger partial charge is 0.439 e. The molecule has 0 saturated carbocycles. The Labute approximate surface area is 179 Å². The van der Waals surface area contributed by atoms with Crippen molar-refractivity contribution in [1.29, 1.82) is 0 Å². The molecule has 2 atom stereocenters. The predicted molar refractivity (Wildman–Crippen MR) is 116 cm³/mol. The smallest absolute Gasteiger partial charge is 0.307 e. The first kappa shape index (κ1) is 21.4. The molecule has 3 aromatic rings. The molecule has 3 rings (SSSR count). The summed E-state index contributed by atoms with van der Waals surface area (Å²) in [6, 6.07) is 13.1. The highest BCUT2D eigenvalue weighted by Gasteiger charge is 2.38. The Hall–Kier alpha value is -2.28. The summed E-state index contributed by atoms with van der Waals surface area (Å²) in [7, 11) is -4.06. The Balaban J connectivity index is 2.11. The maximum absolute atomic E-state index is 13.5. The van der Waals surface area contributed by atoms with Crippen LogP contribution in [-0.4, -0.2) is 19.4 Å². The van der Waals surface area contributed by atoms with Crippen LogP contribution in [0.3, 0.4) is 0 Å². The van der Waals surface area contributed by atoms with Gasteiger partial charge in [0.1, 0.15) is 5.25 Å². The van der Waals surface area contributed by atoms with Crippen LogP contribution >= 0.6 is 23.2 Å². The highest BCUT2D eigenvalue weighted by Crippen LogP contribution is 2.37. The molecule has 0 bridgehead atoms. The normalized spacial score (nSPS) is 13.8. The number of fused-ring (bicyclic) bond motifs is 1. The van der Waals surface area contributed by atoms with Crippen molar-refractivity contribution < 1.29 is 17.9 Å². The number of halogens is 2. The number of aromatic nitrogens is 1. The quantitative estimate of drug-likeness (QED) is 0.365. The molecule has 152 valence electrons. The van der Waals surface area contributed by atoms with Crippen molar-refractivity contribution >= 4 is 49.9 Å². The molecule has 2 unspecified atom stereocenters. The summed E-state index contributed by atoms with van der Waals surface area (Å²) in [6.45, 7) is 5.27. The molecule has 29 heavy (non-hydrogen) atoms. The summed E-state index contributed by atoms with van der Waals surface area (Å²) in [5.41, 5.74) is -0.135. The fourth-order valence-electron chi connectivity index (χ4n) is 3.01. The number of nitrogens with one attached hydrogen (secondary N) is 1. The van der Waals surface area contributed by atoms with Crippen LogP contribution in [0.15, 0.2) is 61.2 Å². The molecule has 0 aliphatic rings. The van der Waals surface area contributed by atoms with Gasteiger partial charge in [0.15, 0.2) is 0 Å². The van der Waals surface area contributed by atoms with Gasteiger partial charge in [0.25, 0.3) is 0 Å². The number of hydrogen-bond acceptors (Lipinski definition) is 4. The number of benzene rings is 2. The second-order valence-electron chi connectivity index (χ2n) is 6.43. The lowest BCUT2D eigenvalue weighted by atomic mass is 10.1. The third-order valence-electron chi connectivity index (χ3n) is 4.45. The number of aromatic amines is 1. The lowest BCUT2D eigenvalue weighted by molar-refractivity contribution is -0.145. The fraction of sp³-hybridized carbons (Fsp3) is 0.190. The lowest BCUT2D eigenvalue weighted by Gasteiger charge is -2.22. The molecule has 0 spiro atoms. The van der Waals surface area contributed by atoms with Gasteiger partial charge in [-0.15, -0.1) is 6.58 Å². The minimum atomic E-state index is -4.06. The first-order valence-corrected chi connectivity index (χ1v) is 11.2. The Morgan fingerprint density at radius 3 is 2.41 bits per heavy atom. The molecule has 1 heterocycles. The topological polar surface area (TPSA) is 76.2 Å². The van der Waals surface area contributed by atoms with Crippen LogP contribution in [0.5, 0.6) is 0 Å². The molecule has 1 aromatic heterocycles. The standard InChI is InChI=1S/C21H19Cl2NO4S/c1-3-19(13-5-7-15(22)8-6-13)29(26,27)21(28-20(25)4-2)18-12-14-11-16(23)9-10-17(14)24-18/h3,5-12,19,21,24H,1,4H2,2H3. The summed E-state index contributed by atoms with van der Waals surface area (Å²) in [5.74, 6) is -0.630. The first-order chi connectivity index (χ1) is 13.8. The molecule has 0 amide bonds. The number of esters is 1. The average molecular weight is 452 g/mol. The molecule has 1 N–H and O–H groups in total. The van der Waals surface area contributed by atoms with E-state index in [2.05, 4.69) is 11.6 Å². The van der Waals surface area contributed by atoms with E-state index in [-0.39, 0.29) is 12.1 Å². The van der Waals surface area contributed by atoms with Crippen molar-refractivity contribution in [1.82, 2.24) is 4.98 Å². The van der Waals surface area contributed by atoms with Gasteiger partial charge in [0, 0.05) is 27.4 Å². The maximum atomic E-state index is 13.5. The van der Waals surface area contributed by atoms with E-state index in [4.69, 9.17) is 27.9 Å². The van der Waals surface area contributed by atoms with Gasteiger partial charge in [-0.25, -0.2) is 8.42 Å². The van der Waals surface area contributed by atoms with Crippen LogP contribution in [0.2, 0.25) is 10.0 Å². The van der Waals surface area contributed by atoms with Crippen LogP contribution in [0.25, 0.3) is 10.9 Å². The van der Waals surface area contributed by atoms with Crippen molar-refractivity contribution in [3.63, 3.8) is 0 Å². The first-order valence-electron chi connectivity index (χ1n) is 8.84. The zero-order valence-electron chi connectivity index (χ0n) is 15.6. The lowest BCUT2D eigenvalue weighted by Crippen LogP contribution is -2.24. The Bertz CT molecular complexity index is 1150. The van der Waals surface area contributed by atoms with Gasteiger partial charge in [0.2, 0.25) is 15.3 Å². The van der Waals surface area contributed by atoms with Crippen molar-refractivity contribution in [2.45, 2.75) is 24.0 Å². The van der Waals surface area contributed by atoms with Gasteiger partial charge in [-0.05, 0) is 42.0 Å². The number of hydrogen-bond donors (Lipinski definition) is 1. The van der Waals surface area contributed by atoms with Gasteiger partial charge in [-0.2, -0.15) is 0 Å². The van der Waals surface area contributed by atoms with Crippen LogP contribution in [0, 0.1) is 0 Å². The molecular formula is C21H19Cl2NO4S. The van der Waals surface area contributed by atoms with E-state index < -0.39 is 26.5 Å². The Morgan fingerprint density at radius 1 is 1.14 bits per heavy atom. The second-order valence-corrected chi connectivity index (χ2v) is 9.42. The number of sulfone groups is 1. The van der Waals surface area contributed by atoms with Gasteiger partial charge < -0.3 is 9.72 Å². The van der Waals surface area contributed by atoms with E-state index in [0.29, 0.717) is 26.5 Å². The Morgan fingerprint density at radius 2 is 1.79 bits per heavy atom. The summed E-state index contributed by atoms with van der Waals surface area (Å²) in [5, 5.41) is 0.611. The SMILES string of the molecule is C=CC(c1ccc(Cl)cc1)S(=O)(=O)C(OC(=O)CC)c1cc2cc(Cl)ccc2[nH]1. The third-order valence-corrected chi connectivity index (χ3v) is 7.06. The number of carbonyl (C=O) groups excluding carboxylic acids is 1. The molecule has 8 heteroatoms. The summed E-state index contributed by atoms with van der Waals surface area (Å²) < 4.78 is 32.4. The van der Waals surface area contributed by atoms with E-state index in [9.17, 15) is 13.2 Å². The molecular weight excluding hydrogens is 433 g/mol.